The van der Waals surface area contributed by atoms with Gasteiger partial charge in [-0.3, -0.25) is 4.79 Å². The molecule has 15 heavy (non-hydrogen) atoms. The van der Waals surface area contributed by atoms with Crippen molar-refractivity contribution in [2.24, 2.45) is 0 Å². The summed E-state index contributed by atoms with van der Waals surface area (Å²) in [5, 5.41) is 13.3. The average Bonchev–Trinajstić information content (AvgIpc) is 2.60. The van der Waals surface area contributed by atoms with Gasteiger partial charge in [-0.05, 0) is 18.1 Å². The highest BCUT2D eigenvalue weighted by Gasteiger charge is 2.31. The molecule has 0 unspecified atom stereocenters. The van der Waals surface area contributed by atoms with E-state index in [1.54, 1.807) is 11.8 Å². The number of hydrogen-bond acceptors (Lipinski definition) is 3. The highest BCUT2D eigenvalue weighted by molar-refractivity contribution is 8.00. The summed E-state index contributed by atoms with van der Waals surface area (Å²) in [7, 11) is 0. The summed E-state index contributed by atoms with van der Waals surface area (Å²) < 4.78 is 0. The summed E-state index contributed by atoms with van der Waals surface area (Å²) in [5.41, 5.74) is -0.627. The van der Waals surface area contributed by atoms with Gasteiger partial charge in [-0.2, -0.15) is 0 Å². The Labute approximate surface area is 96.0 Å². The molecule has 2 N–H and O–H groups in total. The molecule has 4 heteroatoms. The van der Waals surface area contributed by atoms with Crippen molar-refractivity contribution in [3.8, 4) is 0 Å². The first kappa shape index (κ1) is 12.8. The number of hydrogen-bond donors (Lipinski definition) is 2. The van der Waals surface area contributed by atoms with Crippen LogP contribution in [0.15, 0.2) is 0 Å². The van der Waals surface area contributed by atoms with Gasteiger partial charge in [0.05, 0.1) is 11.4 Å². The van der Waals surface area contributed by atoms with E-state index in [0.29, 0.717) is 17.5 Å². The molecule has 0 heterocycles. The van der Waals surface area contributed by atoms with Gasteiger partial charge in [-0.25, -0.2) is 0 Å². The molecule has 1 aliphatic carbocycles. The third-order valence-corrected chi connectivity index (χ3v) is 3.79. The topological polar surface area (TPSA) is 49.3 Å². The van der Waals surface area contributed by atoms with E-state index in [-0.39, 0.29) is 5.91 Å². The van der Waals surface area contributed by atoms with Gasteiger partial charge in [0, 0.05) is 6.54 Å². The van der Waals surface area contributed by atoms with Crippen molar-refractivity contribution in [1.82, 2.24) is 5.32 Å². The Morgan fingerprint density at radius 3 is 2.60 bits per heavy atom. The SMILES string of the molecule is CC(C)SCC(=O)NCC1(O)CCCC1. The lowest BCUT2D eigenvalue weighted by Gasteiger charge is -2.22. The normalized spacial score (nSPS) is 19.5. The summed E-state index contributed by atoms with van der Waals surface area (Å²) >= 11 is 1.63. The first-order valence-corrected chi connectivity index (χ1v) is 6.67. The predicted octanol–water partition coefficient (Wildman–Crippen LogP) is 1.55. The molecule has 0 aromatic rings. The highest BCUT2D eigenvalue weighted by Crippen LogP contribution is 2.28. The van der Waals surface area contributed by atoms with Crippen molar-refractivity contribution in [2.45, 2.75) is 50.4 Å². The molecular formula is C11H21NO2S. The van der Waals surface area contributed by atoms with E-state index in [4.69, 9.17) is 0 Å². The molecule has 0 spiro atoms. The summed E-state index contributed by atoms with van der Waals surface area (Å²) in [6.45, 7) is 4.56. The Balaban J connectivity index is 2.16. The number of thioether (sulfide) groups is 1. The van der Waals surface area contributed by atoms with Gasteiger partial charge in [0.2, 0.25) is 5.91 Å². The Kier molecular flexibility index (Phi) is 4.93. The molecule has 1 saturated carbocycles. The van der Waals surface area contributed by atoms with Crippen LogP contribution in [0.5, 0.6) is 0 Å². The van der Waals surface area contributed by atoms with Gasteiger partial charge in [-0.1, -0.05) is 26.7 Å². The fraction of sp³-hybridized carbons (Fsp3) is 0.909. The van der Waals surface area contributed by atoms with Crippen LogP contribution in [0.3, 0.4) is 0 Å². The number of carbonyl (C=O) groups excluding carboxylic acids is 1. The second-order valence-corrected chi connectivity index (χ2v) is 6.13. The fourth-order valence-electron chi connectivity index (χ4n) is 1.77. The average molecular weight is 231 g/mol. The molecular weight excluding hydrogens is 210 g/mol. The number of rotatable bonds is 5. The third-order valence-electron chi connectivity index (χ3n) is 2.70. The molecule has 0 radical (unpaired) electrons. The van der Waals surface area contributed by atoms with Crippen LogP contribution in [0.4, 0.5) is 0 Å². The van der Waals surface area contributed by atoms with Gasteiger partial charge in [-0.15, -0.1) is 11.8 Å². The molecule has 1 aliphatic rings. The maximum absolute atomic E-state index is 11.4. The molecule has 1 fully saturated rings. The van der Waals surface area contributed by atoms with Crippen molar-refractivity contribution < 1.29 is 9.90 Å². The number of aliphatic hydroxyl groups is 1. The maximum Gasteiger partial charge on any atom is 0.230 e. The van der Waals surface area contributed by atoms with Gasteiger partial charge >= 0.3 is 0 Å². The van der Waals surface area contributed by atoms with E-state index in [1.807, 2.05) is 0 Å². The van der Waals surface area contributed by atoms with Crippen LogP contribution in [-0.2, 0) is 4.79 Å². The van der Waals surface area contributed by atoms with Gasteiger partial charge in [0.15, 0.2) is 0 Å². The largest absolute Gasteiger partial charge is 0.388 e. The molecule has 0 bridgehead atoms. The minimum Gasteiger partial charge on any atom is -0.388 e. The fourth-order valence-corrected chi connectivity index (χ4v) is 2.35. The second-order valence-electron chi connectivity index (χ2n) is 4.57. The number of carbonyl (C=O) groups is 1. The van der Waals surface area contributed by atoms with Crippen molar-refractivity contribution in [2.75, 3.05) is 12.3 Å². The molecule has 1 rings (SSSR count). The van der Waals surface area contributed by atoms with Crippen molar-refractivity contribution >= 4 is 17.7 Å². The second kappa shape index (κ2) is 5.75. The monoisotopic (exact) mass is 231 g/mol. The van der Waals surface area contributed by atoms with Crippen LogP contribution in [0.25, 0.3) is 0 Å². The molecule has 0 atom stereocenters. The van der Waals surface area contributed by atoms with Crippen LogP contribution in [0.2, 0.25) is 0 Å². The Hall–Kier alpha value is -0.220. The van der Waals surface area contributed by atoms with Gasteiger partial charge in [0.1, 0.15) is 0 Å². The number of amides is 1. The van der Waals surface area contributed by atoms with Gasteiger partial charge < -0.3 is 10.4 Å². The summed E-state index contributed by atoms with van der Waals surface area (Å²) in [5.74, 6) is 0.530. The van der Waals surface area contributed by atoms with E-state index in [2.05, 4.69) is 19.2 Å². The zero-order valence-corrected chi connectivity index (χ0v) is 10.4. The Bertz CT molecular complexity index is 213. The molecule has 0 aromatic heterocycles. The van der Waals surface area contributed by atoms with Crippen LogP contribution < -0.4 is 5.32 Å². The summed E-state index contributed by atoms with van der Waals surface area (Å²) in [6.07, 6.45) is 3.80. The van der Waals surface area contributed by atoms with Crippen LogP contribution >= 0.6 is 11.8 Å². The number of nitrogens with one attached hydrogen (secondary N) is 1. The van der Waals surface area contributed by atoms with E-state index in [0.717, 1.165) is 25.7 Å². The minimum absolute atomic E-state index is 0.0361. The minimum atomic E-state index is -0.627. The zero-order valence-electron chi connectivity index (χ0n) is 9.58. The van der Waals surface area contributed by atoms with Crippen molar-refractivity contribution in [3.63, 3.8) is 0 Å². The van der Waals surface area contributed by atoms with Crippen molar-refractivity contribution in [1.29, 1.82) is 0 Å². The van der Waals surface area contributed by atoms with Gasteiger partial charge in [0.25, 0.3) is 0 Å². The van der Waals surface area contributed by atoms with Crippen LogP contribution in [-0.4, -0.2) is 34.2 Å². The standard InChI is InChI=1S/C11H21NO2S/c1-9(2)15-7-10(13)12-8-11(14)5-3-4-6-11/h9,14H,3-8H2,1-2H3,(H,12,13). The molecule has 0 saturated heterocycles. The Morgan fingerprint density at radius 2 is 2.07 bits per heavy atom. The highest BCUT2D eigenvalue weighted by atomic mass is 32.2. The van der Waals surface area contributed by atoms with E-state index in [9.17, 15) is 9.90 Å². The van der Waals surface area contributed by atoms with Crippen LogP contribution in [0.1, 0.15) is 39.5 Å². The molecule has 1 amide bonds. The lowest BCUT2D eigenvalue weighted by atomic mass is 10.0. The van der Waals surface area contributed by atoms with Crippen molar-refractivity contribution in [3.05, 3.63) is 0 Å². The summed E-state index contributed by atoms with van der Waals surface area (Å²) in [6, 6.07) is 0. The molecule has 3 nitrogen and oxygen atoms in total. The smallest absolute Gasteiger partial charge is 0.230 e. The molecule has 0 aliphatic heterocycles. The Morgan fingerprint density at radius 1 is 1.47 bits per heavy atom. The predicted molar refractivity (Wildman–Crippen MR) is 64.0 cm³/mol. The lowest BCUT2D eigenvalue weighted by molar-refractivity contribution is -0.119. The molecule has 88 valence electrons. The first-order chi connectivity index (χ1) is 7.02. The van der Waals surface area contributed by atoms with E-state index >= 15 is 0 Å². The first-order valence-electron chi connectivity index (χ1n) is 5.62. The third kappa shape index (κ3) is 4.89. The van der Waals surface area contributed by atoms with E-state index < -0.39 is 5.60 Å². The summed E-state index contributed by atoms with van der Waals surface area (Å²) in [4.78, 5) is 11.4. The van der Waals surface area contributed by atoms with E-state index in [1.165, 1.54) is 0 Å². The quantitative estimate of drug-likeness (QED) is 0.755. The van der Waals surface area contributed by atoms with Crippen LogP contribution in [0, 0.1) is 0 Å². The molecule has 0 aromatic carbocycles. The zero-order chi connectivity index (χ0) is 11.3. The lowest BCUT2D eigenvalue weighted by Crippen LogP contribution is -2.41. The maximum atomic E-state index is 11.4.